The Morgan fingerprint density at radius 1 is 0.656 bits per heavy atom. The summed E-state index contributed by atoms with van der Waals surface area (Å²) in [5, 5.41) is 59.9. The van der Waals surface area contributed by atoms with Gasteiger partial charge >= 0.3 is 23.9 Å². The second-order valence-corrected chi connectivity index (χ2v) is 15.4. The highest BCUT2D eigenvalue weighted by Gasteiger charge is 2.40. The van der Waals surface area contributed by atoms with Crippen LogP contribution < -0.4 is 43.4 Å². The lowest BCUT2D eigenvalue weighted by molar-refractivity contribution is -0.145. The van der Waals surface area contributed by atoms with Crippen LogP contribution in [0.1, 0.15) is 63.4 Å². The van der Waals surface area contributed by atoms with Crippen molar-refractivity contribution in [1.29, 1.82) is 0 Å². The molecular weight excluding hydrogens is 850 g/mol. The van der Waals surface area contributed by atoms with Gasteiger partial charge in [-0.2, -0.15) is 10.2 Å². The van der Waals surface area contributed by atoms with Crippen molar-refractivity contribution in [1.82, 2.24) is 36.9 Å². The molecule has 26 nitrogen and oxygen atoms in total. The molecule has 26 heteroatoms. The summed E-state index contributed by atoms with van der Waals surface area (Å²) in [6.07, 6.45) is -1.02. The van der Waals surface area contributed by atoms with Crippen LogP contribution in [-0.2, 0) is 59.2 Å². The maximum atomic E-state index is 13.4. The molecule has 2 bridgehead atoms. The number of aromatic nitrogens is 1. The number of benzene rings is 1. The molecular formula is C38H49N11O15. The molecule has 1 aromatic carbocycles. The van der Waals surface area contributed by atoms with E-state index < -0.39 is 139 Å². The molecule has 0 spiro atoms. The van der Waals surface area contributed by atoms with E-state index in [4.69, 9.17) is 11.5 Å². The number of aromatic amines is 1. The molecule has 1 fully saturated rings. The quantitative estimate of drug-likeness (QED) is 0.0460. The van der Waals surface area contributed by atoms with Crippen LogP contribution in [0.25, 0.3) is 10.9 Å². The molecule has 0 radical (unpaired) electrons. The van der Waals surface area contributed by atoms with Gasteiger partial charge in [0.1, 0.15) is 30.2 Å². The van der Waals surface area contributed by atoms with Crippen LogP contribution in [0.2, 0.25) is 0 Å². The predicted octanol–water partition coefficient (Wildman–Crippen LogP) is -3.50. The molecule has 2 aromatic rings. The summed E-state index contributed by atoms with van der Waals surface area (Å²) in [4.78, 5) is 142. The standard InChI is InChI=1S/C38H49N11O15/c39-20(9-17-15-41-21-4-2-1-3-19(17)21)33(60)44-23(11-28(51)52)35(62)46-25(13-30(55)56)37(64)47-26(14-31(57)58)36(63)45-24(12-29(53)54)34(61)43-22(32(40)59)10-27(50)42-16-38-7-5-18(6-8-38)48-49-38/h1-4,15,18,20,22-26,41H,5-14,16,39H2,(H2,40,59)(H,42,50)(H,43,61)(H,44,60)(H,45,63)(H,46,62)(H,47,64)(H,51,52)(H,53,54)(H,55,56)(H,57,58)/t18?,20-,22-,23-,24-,25-,26-,38?/m0/s1. The minimum absolute atomic E-state index is 0.0680. The van der Waals surface area contributed by atoms with E-state index in [0.29, 0.717) is 18.4 Å². The third-order valence-corrected chi connectivity index (χ3v) is 10.5. The van der Waals surface area contributed by atoms with Gasteiger partial charge in [-0.25, -0.2) is 0 Å². The third kappa shape index (κ3) is 14.3. The van der Waals surface area contributed by atoms with Crippen molar-refractivity contribution >= 4 is 76.1 Å². The van der Waals surface area contributed by atoms with Crippen molar-refractivity contribution in [3.05, 3.63) is 36.0 Å². The number of carboxylic acids is 4. The number of para-hydroxylation sites is 1. The Labute approximate surface area is 362 Å². The highest BCUT2D eigenvalue weighted by molar-refractivity contribution is 6.00. The summed E-state index contributed by atoms with van der Waals surface area (Å²) < 4.78 is 0. The number of nitrogens with zero attached hydrogens (tertiary/aromatic N) is 2. The number of carbonyl (C=O) groups is 11. The van der Waals surface area contributed by atoms with Crippen LogP contribution in [0.15, 0.2) is 40.7 Å². The molecule has 3 heterocycles. The molecule has 1 aliphatic carbocycles. The molecule has 1 aromatic heterocycles. The average Bonchev–Trinajstić information content (AvgIpc) is 3.63. The topological polar surface area (TPSA) is 433 Å². The molecule has 2 aliphatic heterocycles. The maximum Gasteiger partial charge on any atom is 0.305 e. The first-order valence-electron chi connectivity index (χ1n) is 19.8. The molecule has 346 valence electrons. The molecule has 0 saturated heterocycles. The number of hydrogen-bond acceptors (Lipinski definition) is 14. The monoisotopic (exact) mass is 899 g/mol. The van der Waals surface area contributed by atoms with Gasteiger partial charge in [0.2, 0.25) is 41.4 Å². The minimum atomic E-state index is -2.19. The van der Waals surface area contributed by atoms with E-state index in [0.717, 1.165) is 23.7 Å². The van der Waals surface area contributed by atoms with E-state index in [1.54, 1.807) is 30.5 Å². The Morgan fingerprint density at radius 2 is 1.09 bits per heavy atom. The van der Waals surface area contributed by atoms with Crippen molar-refractivity contribution < 1.29 is 73.2 Å². The van der Waals surface area contributed by atoms with E-state index in [9.17, 15) is 73.2 Å². The number of fused-ring (bicyclic) bond motifs is 3. The molecule has 6 atom stereocenters. The van der Waals surface area contributed by atoms with Gasteiger partial charge in [0, 0.05) is 23.6 Å². The smallest absolute Gasteiger partial charge is 0.305 e. The number of amides is 7. The SMILES string of the molecule is NC(=O)[C@H](CC(=O)NCC12CCC(CC1)N=N2)NC(=O)[C@H](CC(=O)O)NC(=O)[C@H](CC(=O)O)NC(=O)[C@H](CC(=O)O)NC(=O)[C@H](CC(=O)O)NC(=O)[C@@H](N)Cc1c[nH]c2ccccc12. The van der Waals surface area contributed by atoms with Crippen LogP contribution in [0, 0.1) is 0 Å². The number of nitrogens with two attached hydrogens (primary N) is 2. The van der Waals surface area contributed by atoms with Crippen molar-refractivity contribution in [3.8, 4) is 0 Å². The average molecular weight is 900 g/mol. The highest BCUT2D eigenvalue weighted by Crippen LogP contribution is 2.38. The molecule has 64 heavy (non-hydrogen) atoms. The number of hydrogen-bond donors (Lipinski definition) is 13. The maximum absolute atomic E-state index is 13.4. The largest absolute Gasteiger partial charge is 0.481 e. The zero-order valence-corrected chi connectivity index (χ0v) is 34.0. The van der Waals surface area contributed by atoms with E-state index in [-0.39, 0.29) is 19.0 Å². The number of aliphatic carboxylic acids is 4. The summed E-state index contributed by atoms with van der Waals surface area (Å²) in [7, 11) is 0. The first-order chi connectivity index (χ1) is 30.1. The van der Waals surface area contributed by atoms with E-state index in [1.165, 1.54) is 0 Å². The first kappa shape index (κ1) is 49.1. The fraction of sp³-hybridized carbons (Fsp3) is 0.500. The van der Waals surface area contributed by atoms with Gasteiger partial charge in [-0.1, -0.05) is 18.2 Å². The Bertz CT molecular complexity index is 2190. The zero-order chi connectivity index (χ0) is 47.3. The number of H-pyrrole nitrogens is 1. The van der Waals surface area contributed by atoms with Crippen LogP contribution in [-0.4, -0.2) is 145 Å². The number of rotatable bonds is 25. The molecule has 5 rings (SSSR count). The molecule has 7 amide bonds. The lowest BCUT2D eigenvalue weighted by Crippen LogP contribution is -2.60. The summed E-state index contributed by atoms with van der Waals surface area (Å²) >= 11 is 0. The normalized spacial score (nSPS) is 19.0. The summed E-state index contributed by atoms with van der Waals surface area (Å²) in [6.45, 7) is 0.0775. The van der Waals surface area contributed by atoms with Gasteiger partial charge in [0.15, 0.2) is 0 Å². The first-order valence-corrected chi connectivity index (χ1v) is 19.8. The van der Waals surface area contributed by atoms with Crippen molar-refractivity contribution in [3.63, 3.8) is 0 Å². The van der Waals surface area contributed by atoms with Crippen LogP contribution in [0.4, 0.5) is 0 Å². The Balaban J connectivity index is 1.42. The number of carboxylic acid groups (broad SMARTS) is 4. The lowest BCUT2D eigenvalue weighted by atomic mass is 9.78. The van der Waals surface area contributed by atoms with Crippen LogP contribution in [0.5, 0.6) is 0 Å². The van der Waals surface area contributed by atoms with Gasteiger partial charge in [0.05, 0.1) is 49.7 Å². The Morgan fingerprint density at radius 3 is 1.52 bits per heavy atom. The Hall–Kier alpha value is -7.51. The molecule has 1 saturated carbocycles. The second-order valence-electron chi connectivity index (χ2n) is 15.4. The fourth-order valence-electron chi connectivity index (χ4n) is 7.05. The fourth-order valence-corrected chi connectivity index (χ4v) is 7.05. The van der Waals surface area contributed by atoms with E-state index >= 15 is 0 Å². The van der Waals surface area contributed by atoms with Crippen LogP contribution >= 0.6 is 0 Å². The third-order valence-electron chi connectivity index (χ3n) is 10.5. The van der Waals surface area contributed by atoms with Gasteiger partial charge in [0.25, 0.3) is 0 Å². The molecule has 0 unspecified atom stereocenters. The molecule has 15 N–H and O–H groups in total. The van der Waals surface area contributed by atoms with Gasteiger partial charge in [-0.05, 0) is 43.7 Å². The summed E-state index contributed by atoms with van der Waals surface area (Å²) in [5.41, 5.74) is 12.2. The van der Waals surface area contributed by atoms with E-state index in [1.807, 2.05) is 16.0 Å². The predicted molar refractivity (Wildman–Crippen MR) is 215 cm³/mol. The summed E-state index contributed by atoms with van der Waals surface area (Å²) in [5.74, 6) is -15.5. The van der Waals surface area contributed by atoms with Crippen molar-refractivity contribution in [2.24, 2.45) is 21.7 Å². The van der Waals surface area contributed by atoms with E-state index in [2.05, 4.69) is 31.2 Å². The number of azo groups is 1. The molecule has 3 aliphatic rings. The van der Waals surface area contributed by atoms with Gasteiger partial charge in [-0.15, -0.1) is 0 Å². The van der Waals surface area contributed by atoms with Gasteiger partial charge < -0.3 is 68.8 Å². The lowest BCUT2D eigenvalue weighted by Gasteiger charge is -2.39. The highest BCUT2D eigenvalue weighted by atomic mass is 16.4. The second kappa shape index (κ2) is 22.0. The minimum Gasteiger partial charge on any atom is -0.481 e. The van der Waals surface area contributed by atoms with Gasteiger partial charge in [-0.3, -0.25) is 52.7 Å². The number of nitrogens with one attached hydrogen (secondary N) is 7. The Kier molecular flexibility index (Phi) is 16.9. The van der Waals surface area contributed by atoms with Crippen molar-refractivity contribution in [2.45, 2.75) is 112 Å². The number of carbonyl (C=O) groups excluding carboxylic acids is 7. The summed E-state index contributed by atoms with van der Waals surface area (Å²) in [6, 6.07) is -4.25. The number of primary amides is 1. The van der Waals surface area contributed by atoms with Crippen LogP contribution in [0.3, 0.4) is 0 Å². The van der Waals surface area contributed by atoms with Crippen molar-refractivity contribution in [2.75, 3.05) is 6.54 Å². The zero-order valence-electron chi connectivity index (χ0n) is 34.0.